The molecule has 1 aliphatic heterocycles. The van der Waals surface area contributed by atoms with Gasteiger partial charge in [-0.3, -0.25) is 9.59 Å². The standard InChI is InChI=1S/C25H24ClN3O7S2/c1-36-20-8-12-22(13-9-20)38(34,35)28(15-14-17-2-10-21(11-3-17)37(27,32)33)23-16-24(30)29(25(23)31)19-6-4-18(26)5-7-19/h2-13,23H,14-16H2,1H3,(H2,27,32,33). The van der Waals surface area contributed by atoms with E-state index >= 15 is 0 Å². The summed E-state index contributed by atoms with van der Waals surface area (Å²) in [5, 5.41) is 5.56. The predicted octanol–water partition coefficient (Wildman–Crippen LogP) is 2.56. The summed E-state index contributed by atoms with van der Waals surface area (Å²) < 4.78 is 56.7. The highest BCUT2D eigenvalue weighted by atomic mass is 35.5. The Balaban J connectivity index is 1.68. The van der Waals surface area contributed by atoms with Crippen molar-refractivity contribution in [3.8, 4) is 5.75 Å². The first kappa shape index (κ1) is 27.7. The Morgan fingerprint density at radius 2 is 1.50 bits per heavy atom. The van der Waals surface area contributed by atoms with Crippen LogP contribution >= 0.6 is 11.6 Å². The molecule has 0 radical (unpaired) electrons. The van der Waals surface area contributed by atoms with Crippen molar-refractivity contribution in [3.63, 3.8) is 0 Å². The third kappa shape index (κ3) is 5.74. The summed E-state index contributed by atoms with van der Waals surface area (Å²) in [4.78, 5) is 27.2. The number of imide groups is 1. The minimum absolute atomic E-state index is 0.0759. The second-order valence-corrected chi connectivity index (χ2v) is 12.4. The van der Waals surface area contributed by atoms with Crippen LogP contribution in [0.15, 0.2) is 82.6 Å². The molecule has 38 heavy (non-hydrogen) atoms. The summed E-state index contributed by atoms with van der Waals surface area (Å²) in [6, 6.07) is 16.2. The number of amides is 2. The number of ether oxygens (including phenoxy) is 1. The van der Waals surface area contributed by atoms with Gasteiger partial charge < -0.3 is 4.74 Å². The maximum absolute atomic E-state index is 13.8. The van der Waals surface area contributed by atoms with Gasteiger partial charge in [0.05, 0.1) is 29.0 Å². The van der Waals surface area contributed by atoms with E-state index in [4.69, 9.17) is 21.5 Å². The largest absolute Gasteiger partial charge is 0.497 e. The number of anilines is 1. The quantitative estimate of drug-likeness (QED) is 0.385. The van der Waals surface area contributed by atoms with Crippen molar-refractivity contribution >= 4 is 49.1 Å². The fourth-order valence-corrected chi connectivity index (χ4v) is 6.34. The molecule has 3 aromatic rings. The van der Waals surface area contributed by atoms with E-state index in [1.54, 1.807) is 0 Å². The summed E-state index contributed by atoms with van der Waals surface area (Å²) >= 11 is 5.93. The molecular formula is C25H24ClN3O7S2. The van der Waals surface area contributed by atoms with Gasteiger partial charge in [-0.1, -0.05) is 23.7 Å². The topological polar surface area (TPSA) is 144 Å². The van der Waals surface area contributed by atoms with Crippen molar-refractivity contribution in [2.45, 2.75) is 28.7 Å². The van der Waals surface area contributed by atoms with Crippen LogP contribution in [0.4, 0.5) is 5.69 Å². The smallest absolute Gasteiger partial charge is 0.252 e. The predicted molar refractivity (Wildman–Crippen MR) is 141 cm³/mol. The summed E-state index contributed by atoms with van der Waals surface area (Å²) in [5.74, 6) is -0.778. The number of nitrogens with two attached hydrogens (primary N) is 1. The van der Waals surface area contributed by atoms with Crippen LogP contribution in [0.5, 0.6) is 5.75 Å². The molecule has 200 valence electrons. The van der Waals surface area contributed by atoms with Crippen LogP contribution in [-0.4, -0.2) is 52.7 Å². The zero-order chi connectivity index (χ0) is 27.7. The van der Waals surface area contributed by atoms with E-state index in [1.165, 1.54) is 79.9 Å². The lowest BCUT2D eigenvalue weighted by Crippen LogP contribution is -2.46. The third-order valence-electron chi connectivity index (χ3n) is 6.09. The highest BCUT2D eigenvalue weighted by molar-refractivity contribution is 7.89. The van der Waals surface area contributed by atoms with E-state index in [9.17, 15) is 26.4 Å². The molecule has 1 fully saturated rings. The number of sulfonamides is 2. The fraction of sp³-hybridized carbons (Fsp3) is 0.200. The molecule has 2 amide bonds. The van der Waals surface area contributed by atoms with Gasteiger partial charge >= 0.3 is 0 Å². The molecule has 2 N–H and O–H groups in total. The number of rotatable bonds is 9. The van der Waals surface area contributed by atoms with Gasteiger partial charge in [0, 0.05) is 11.6 Å². The van der Waals surface area contributed by atoms with Crippen LogP contribution in [-0.2, 0) is 36.1 Å². The number of nitrogens with zero attached hydrogens (tertiary/aromatic N) is 2. The molecule has 0 aromatic heterocycles. The molecule has 1 heterocycles. The minimum atomic E-state index is -4.24. The average molecular weight is 578 g/mol. The second-order valence-electron chi connectivity index (χ2n) is 8.49. The number of carbonyl (C=O) groups excluding carboxylic acids is 2. The van der Waals surface area contributed by atoms with Gasteiger partial charge in [0.2, 0.25) is 26.0 Å². The Bertz CT molecular complexity index is 1560. The first-order valence-corrected chi connectivity index (χ1v) is 14.7. The number of hydrogen-bond acceptors (Lipinski definition) is 7. The van der Waals surface area contributed by atoms with E-state index in [2.05, 4.69) is 0 Å². The van der Waals surface area contributed by atoms with E-state index < -0.39 is 37.9 Å². The second kappa shape index (κ2) is 10.8. The number of methoxy groups -OCH3 is 1. The third-order valence-corrected chi connectivity index (χ3v) is 9.20. The van der Waals surface area contributed by atoms with Crippen molar-refractivity contribution in [1.82, 2.24) is 4.31 Å². The van der Waals surface area contributed by atoms with Crippen LogP contribution in [0.25, 0.3) is 0 Å². The summed E-state index contributed by atoms with van der Waals surface area (Å²) in [5.41, 5.74) is 0.894. The fourth-order valence-electron chi connectivity index (χ4n) is 4.11. The lowest BCUT2D eigenvalue weighted by molar-refractivity contribution is -0.122. The number of carbonyl (C=O) groups is 2. The molecule has 0 aliphatic carbocycles. The number of hydrogen-bond donors (Lipinski definition) is 1. The van der Waals surface area contributed by atoms with E-state index in [-0.39, 0.29) is 34.9 Å². The lowest BCUT2D eigenvalue weighted by atomic mass is 10.1. The van der Waals surface area contributed by atoms with Gasteiger partial charge in [0.25, 0.3) is 5.91 Å². The minimum Gasteiger partial charge on any atom is -0.497 e. The number of primary sulfonamides is 1. The zero-order valence-electron chi connectivity index (χ0n) is 20.2. The van der Waals surface area contributed by atoms with Crippen LogP contribution in [0, 0.1) is 0 Å². The Labute approximate surface area is 225 Å². The maximum Gasteiger partial charge on any atom is 0.252 e. The Kier molecular flexibility index (Phi) is 7.90. The first-order chi connectivity index (χ1) is 17.9. The Morgan fingerprint density at radius 1 is 0.921 bits per heavy atom. The highest BCUT2D eigenvalue weighted by Gasteiger charge is 2.46. The molecule has 3 aromatic carbocycles. The van der Waals surface area contributed by atoms with E-state index in [1.807, 2.05) is 0 Å². The summed E-state index contributed by atoms with van der Waals surface area (Å²) in [6.07, 6.45) is -0.208. The van der Waals surface area contributed by atoms with Gasteiger partial charge in [-0.05, 0) is 72.6 Å². The molecule has 0 bridgehead atoms. The van der Waals surface area contributed by atoms with Crippen LogP contribution in [0.1, 0.15) is 12.0 Å². The van der Waals surface area contributed by atoms with Crippen molar-refractivity contribution in [2.24, 2.45) is 5.14 Å². The van der Waals surface area contributed by atoms with E-state index in [0.717, 1.165) is 9.21 Å². The van der Waals surface area contributed by atoms with Crippen molar-refractivity contribution in [3.05, 3.63) is 83.4 Å². The first-order valence-electron chi connectivity index (χ1n) is 11.3. The molecule has 1 saturated heterocycles. The van der Waals surface area contributed by atoms with Crippen molar-refractivity contribution < 1.29 is 31.2 Å². The maximum atomic E-state index is 13.8. The van der Waals surface area contributed by atoms with Crippen molar-refractivity contribution in [1.29, 1.82) is 0 Å². The van der Waals surface area contributed by atoms with Crippen molar-refractivity contribution in [2.75, 3.05) is 18.6 Å². The number of benzene rings is 3. The molecule has 0 spiro atoms. The van der Waals surface area contributed by atoms with Gasteiger partial charge in [-0.2, -0.15) is 4.31 Å². The molecule has 4 rings (SSSR count). The van der Waals surface area contributed by atoms with Gasteiger partial charge in [0.15, 0.2) is 0 Å². The van der Waals surface area contributed by atoms with Gasteiger partial charge in [-0.25, -0.2) is 26.9 Å². The molecule has 1 atom stereocenters. The van der Waals surface area contributed by atoms with E-state index in [0.29, 0.717) is 16.3 Å². The highest BCUT2D eigenvalue weighted by Crippen LogP contribution is 2.31. The molecule has 0 saturated carbocycles. The van der Waals surface area contributed by atoms with Crippen LogP contribution in [0.2, 0.25) is 5.02 Å². The Morgan fingerprint density at radius 3 is 2.05 bits per heavy atom. The lowest BCUT2D eigenvalue weighted by Gasteiger charge is -2.27. The molecule has 13 heteroatoms. The Hall–Kier alpha value is -3.29. The van der Waals surface area contributed by atoms with Gasteiger partial charge in [-0.15, -0.1) is 0 Å². The molecular weight excluding hydrogens is 554 g/mol. The summed E-state index contributed by atoms with van der Waals surface area (Å²) in [7, 11) is -6.68. The SMILES string of the molecule is COc1ccc(S(=O)(=O)N(CCc2ccc(S(N)(=O)=O)cc2)C2CC(=O)N(c3ccc(Cl)cc3)C2=O)cc1. The average Bonchev–Trinajstić information content (AvgIpc) is 3.17. The monoisotopic (exact) mass is 577 g/mol. The van der Waals surface area contributed by atoms with Crippen LogP contribution in [0.3, 0.4) is 0 Å². The van der Waals surface area contributed by atoms with Gasteiger partial charge in [0.1, 0.15) is 11.8 Å². The molecule has 10 nitrogen and oxygen atoms in total. The number of halogens is 1. The summed E-state index contributed by atoms with van der Waals surface area (Å²) in [6.45, 7) is -0.152. The normalized spacial score (nSPS) is 16.3. The molecule has 1 aliphatic rings. The zero-order valence-corrected chi connectivity index (χ0v) is 22.5. The van der Waals surface area contributed by atoms with Crippen LogP contribution < -0.4 is 14.8 Å². The molecule has 1 unspecified atom stereocenters.